The lowest BCUT2D eigenvalue weighted by Crippen LogP contribution is -2.49. The first-order valence-electron chi connectivity index (χ1n) is 10.3. The third-order valence-electron chi connectivity index (χ3n) is 7.61. The lowest BCUT2D eigenvalue weighted by Gasteiger charge is -2.44. The highest BCUT2D eigenvalue weighted by Gasteiger charge is 2.58. The molecule has 4 fully saturated rings. The molecular formula is C22H29N3O. The summed E-state index contributed by atoms with van der Waals surface area (Å²) in [6, 6.07) is 4.27. The van der Waals surface area contributed by atoms with E-state index in [1.165, 1.54) is 32.1 Å². The van der Waals surface area contributed by atoms with Gasteiger partial charge in [-0.2, -0.15) is 0 Å². The number of rotatable bonds is 4. The van der Waals surface area contributed by atoms with Crippen LogP contribution in [0.5, 0.6) is 0 Å². The lowest BCUT2D eigenvalue weighted by molar-refractivity contribution is 0.0701. The van der Waals surface area contributed by atoms with Crippen LogP contribution in [0.15, 0.2) is 18.3 Å². The average molecular weight is 351 g/mol. The number of nitrogens with zero attached hydrogens (tertiary/aromatic N) is 2. The van der Waals surface area contributed by atoms with Gasteiger partial charge in [0.15, 0.2) is 0 Å². The fraction of sp³-hybridized carbons (Fsp3) is 0.636. The van der Waals surface area contributed by atoms with Crippen molar-refractivity contribution in [3.63, 3.8) is 0 Å². The molecule has 2 aromatic heterocycles. The maximum atomic E-state index is 13.2. The van der Waals surface area contributed by atoms with Gasteiger partial charge in [0.25, 0.3) is 5.91 Å². The summed E-state index contributed by atoms with van der Waals surface area (Å²) in [6.45, 7) is 6.28. The summed E-state index contributed by atoms with van der Waals surface area (Å²) in [5, 5.41) is 3.44. The van der Waals surface area contributed by atoms with Gasteiger partial charge in [-0.1, -0.05) is 6.92 Å². The Balaban J connectivity index is 1.43. The monoisotopic (exact) mass is 351 g/mol. The van der Waals surface area contributed by atoms with Crippen LogP contribution in [0, 0.1) is 37.0 Å². The normalized spacial score (nSPS) is 33.1. The zero-order valence-electron chi connectivity index (χ0n) is 16.1. The number of fused-ring (bicyclic) bond motifs is 1. The van der Waals surface area contributed by atoms with E-state index in [0.29, 0.717) is 17.0 Å². The number of hydrogen-bond donors (Lipinski definition) is 1. The summed E-state index contributed by atoms with van der Waals surface area (Å²) in [5.74, 6) is 2.83. The molecule has 0 aliphatic heterocycles. The van der Waals surface area contributed by atoms with Crippen molar-refractivity contribution in [2.75, 3.05) is 0 Å². The van der Waals surface area contributed by atoms with Gasteiger partial charge in [0, 0.05) is 23.6 Å². The highest BCUT2D eigenvalue weighted by Crippen LogP contribution is 2.65. The molecular weight excluding hydrogens is 322 g/mol. The Hall–Kier alpha value is -1.84. The molecule has 0 radical (unpaired) electrons. The van der Waals surface area contributed by atoms with Gasteiger partial charge in [-0.05, 0) is 87.7 Å². The van der Waals surface area contributed by atoms with Gasteiger partial charge in [0.2, 0.25) is 0 Å². The number of hydrogen-bond acceptors (Lipinski definition) is 2. The maximum absolute atomic E-state index is 13.2. The number of aromatic nitrogens is 2. The zero-order chi connectivity index (χ0) is 18.1. The van der Waals surface area contributed by atoms with Crippen molar-refractivity contribution in [2.45, 2.75) is 65.3 Å². The van der Waals surface area contributed by atoms with Crippen LogP contribution in [0.2, 0.25) is 0 Å². The molecule has 1 N–H and O–H groups in total. The summed E-state index contributed by atoms with van der Waals surface area (Å²) in [7, 11) is 0. The van der Waals surface area contributed by atoms with E-state index in [2.05, 4.69) is 30.2 Å². The molecule has 4 nitrogen and oxygen atoms in total. The Morgan fingerprint density at radius 1 is 1.31 bits per heavy atom. The first-order chi connectivity index (χ1) is 12.5. The van der Waals surface area contributed by atoms with Crippen molar-refractivity contribution < 1.29 is 4.79 Å². The molecule has 4 heteroatoms. The third-order valence-corrected chi connectivity index (χ3v) is 7.61. The van der Waals surface area contributed by atoms with E-state index in [0.717, 1.165) is 41.2 Å². The van der Waals surface area contributed by atoms with Crippen molar-refractivity contribution in [1.82, 2.24) is 14.7 Å². The highest BCUT2D eigenvalue weighted by molar-refractivity contribution is 6.00. The second-order valence-electron chi connectivity index (χ2n) is 9.23. The third kappa shape index (κ3) is 2.27. The van der Waals surface area contributed by atoms with Crippen molar-refractivity contribution in [2.24, 2.45) is 23.2 Å². The summed E-state index contributed by atoms with van der Waals surface area (Å²) < 4.78 is 2.02. The Morgan fingerprint density at radius 3 is 2.69 bits per heavy atom. The van der Waals surface area contributed by atoms with Crippen LogP contribution in [0.3, 0.4) is 0 Å². The average Bonchev–Trinajstić information content (AvgIpc) is 3.21. The number of aryl methyl sites for hydroxylation is 2. The van der Waals surface area contributed by atoms with Crippen molar-refractivity contribution in [3.05, 3.63) is 35.3 Å². The number of carbonyl (C=O) groups is 1. The van der Waals surface area contributed by atoms with Gasteiger partial charge in [-0.3, -0.25) is 4.79 Å². The van der Waals surface area contributed by atoms with E-state index in [1.807, 2.05) is 23.6 Å². The van der Waals surface area contributed by atoms with Crippen LogP contribution in [-0.4, -0.2) is 21.3 Å². The summed E-state index contributed by atoms with van der Waals surface area (Å²) in [5.41, 5.74) is 3.92. The van der Waals surface area contributed by atoms with Gasteiger partial charge in [0.1, 0.15) is 5.65 Å². The number of carbonyl (C=O) groups excluding carboxylic acids is 1. The lowest BCUT2D eigenvalue weighted by atomic mass is 9.64. The molecule has 3 unspecified atom stereocenters. The molecule has 4 aliphatic rings. The van der Waals surface area contributed by atoms with Crippen molar-refractivity contribution in [1.29, 1.82) is 0 Å². The van der Waals surface area contributed by atoms with Gasteiger partial charge in [0.05, 0.1) is 5.56 Å². The van der Waals surface area contributed by atoms with Crippen LogP contribution >= 0.6 is 0 Å². The second kappa shape index (κ2) is 5.58. The van der Waals surface area contributed by atoms with Gasteiger partial charge in [-0.15, -0.1) is 0 Å². The standard InChI is InChI=1S/C22H29N3O/c1-4-19(22-10-15-8-16(11-22)17(9-15)12-22)24-21(26)18-5-6-25-14(3)7-13(2)23-20(18)25/h5-7,15-17,19H,4,8-12H2,1-3H3,(H,24,26). The van der Waals surface area contributed by atoms with Crippen molar-refractivity contribution in [3.8, 4) is 0 Å². The minimum atomic E-state index is 0.0499. The maximum Gasteiger partial charge on any atom is 0.255 e. The van der Waals surface area contributed by atoms with Gasteiger partial charge >= 0.3 is 0 Å². The van der Waals surface area contributed by atoms with E-state index >= 15 is 0 Å². The number of amides is 1. The quantitative estimate of drug-likeness (QED) is 0.893. The van der Waals surface area contributed by atoms with Gasteiger partial charge in [-0.25, -0.2) is 4.98 Å². The molecule has 2 aromatic rings. The minimum Gasteiger partial charge on any atom is -0.349 e. The fourth-order valence-corrected chi connectivity index (χ4v) is 6.80. The molecule has 26 heavy (non-hydrogen) atoms. The van der Waals surface area contributed by atoms with Crippen LogP contribution in [0.25, 0.3) is 5.65 Å². The summed E-state index contributed by atoms with van der Waals surface area (Å²) in [4.78, 5) is 17.8. The molecule has 4 saturated carbocycles. The topological polar surface area (TPSA) is 46.4 Å². The van der Waals surface area contributed by atoms with E-state index < -0.39 is 0 Å². The Bertz CT molecular complexity index is 863. The Labute approximate surface area is 155 Å². The molecule has 3 atom stereocenters. The molecule has 0 saturated heterocycles. The molecule has 138 valence electrons. The molecule has 0 spiro atoms. The molecule has 1 amide bonds. The molecule has 4 bridgehead atoms. The highest BCUT2D eigenvalue weighted by atomic mass is 16.1. The minimum absolute atomic E-state index is 0.0499. The van der Waals surface area contributed by atoms with Crippen molar-refractivity contribution >= 4 is 11.6 Å². The smallest absolute Gasteiger partial charge is 0.255 e. The second-order valence-corrected chi connectivity index (χ2v) is 9.23. The SMILES string of the molecule is CCC(NC(=O)c1ccn2c(C)cc(C)nc12)C12CC3CC(C1)C(C3)C2. The van der Waals surface area contributed by atoms with E-state index in [-0.39, 0.29) is 5.91 Å². The molecule has 6 rings (SSSR count). The van der Waals surface area contributed by atoms with Gasteiger partial charge < -0.3 is 9.72 Å². The predicted molar refractivity (Wildman–Crippen MR) is 102 cm³/mol. The van der Waals surface area contributed by atoms with E-state index in [9.17, 15) is 4.79 Å². The fourth-order valence-electron chi connectivity index (χ4n) is 6.80. The molecule has 2 heterocycles. The first-order valence-corrected chi connectivity index (χ1v) is 10.3. The summed E-state index contributed by atoms with van der Waals surface area (Å²) in [6.07, 6.45) is 9.88. The Kier molecular flexibility index (Phi) is 3.51. The largest absolute Gasteiger partial charge is 0.349 e. The van der Waals surface area contributed by atoms with Crippen LogP contribution in [0.4, 0.5) is 0 Å². The Morgan fingerprint density at radius 2 is 2.04 bits per heavy atom. The molecule has 4 aliphatic carbocycles. The number of nitrogens with one attached hydrogen (secondary N) is 1. The van der Waals surface area contributed by atoms with Crippen LogP contribution in [-0.2, 0) is 0 Å². The van der Waals surface area contributed by atoms with E-state index in [4.69, 9.17) is 0 Å². The predicted octanol–water partition coefficient (Wildman–Crippen LogP) is 4.29. The molecule has 0 aromatic carbocycles. The van der Waals surface area contributed by atoms with Crippen LogP contribution < -0.4 is 5.32 Å². The van der Waals surface area contributed by atoms with Crippen LogP contribution in [0.1, 0.15) is 67.2 Å². The first kappa shape index (κ1) is 16.3. The summed E-state index contributed by atoms with van der Waals surface area (Å²) >= 11 is 0. The zero-order valence-corrected chi connectivity index (χ0v) is 16.1. The van der Waals surface area contributed by atoms with E-state index in [1.54, 1.807) is 0 Å².